The molecule has 2 aromatic rings. The van der Waals surface area contributed by atoms with Gasteiger partial charge in [-0.1, -0.05) is 40.7 Å². The summed E-state index contributed by atoms with van der Waals surface area (Å²) in [5.41, 5.74) is 2.42. The van der Waals surface area contributed by atoms with E-state index in [0.717, 1.165) is 16.8 Å². The number of hydrogen-bond acceptors (Lipinski definition) is 5. The first-order chi connectivity index (χ1) is 12.1. The molecule has 1 aromatic carbocycles. The third-order valence-corrected chi connectivity index (χ3v) is 4.48. The van der Waals surface area contributed by atoms with Gasteiger partial charge in [-0.3, -0.25) is 4.98 Å². The van der Waals surface area contributed by atoms with Crippen LogP contribution < -0.4 is 4.74 Å². The van der Waals surface area contributed by atoms with Crippen LogP contribution in [-0.4, -0.2) is 26.9 Å². The Morgan fingerprint density at radius 1 is 0.962 bits per heavy atom. The Kier molecular flexibility index (Phi) is 5.94. The topological polar surface area (TPSA) is 82.8 Å². The first-order valence-corrected chi connectivity index (χ1v) is 8.76. The number of rotatable bonds is 6. The van der Waals surface area contributed by atoms with E-state index in [1.54, 1.807) is 6.07 Å². The summed E-state index contributed by atoms with van der Waals surface area (Å²) in [5.74, 6) is 0.628. The molecule has 2 rings (SSSR count). The second kappa shape index (κ2) is 7.64. The third-order valence-electron chi connectivity index (χ3n) is 4.48. The second-order valence-electron chi connectivity index (χ2n) is 8.22. The Bertz CT molecular complexity index is 763. The maximum atomic E-state index is 9.71. The van der Waals surface area contributed by atoms with Crippen LogP contribution in [0.3, 0.4) is 0 Å². The molecule has 5 nitrogen and oxygen atoms in total. The number of aliphatic hydroxyl groups excluding tert-OH is 2. The molecular weight excluding hydrogens is 330 g/mol. The molecule has 0 saturated carbocycles. The molecular formula is C21H29NO4. The van der Waals surface area contributed by atoms with E-state index >= 15 is 0 Å². The zero-order valence-electron chi connectivity index (χ0n) is 16.2. The van der Waals surface area contributed by atoms with E-state index in [9.17, 15) is 15.3 Å². The Labute approximate surface area is 155 Å². The van der Waals surface area contributed by atoms with Gasteiger partial charge in [0, 0.05) is 11.0 Å². The average molecular weight is 359 g/mol. The van der Waals surface area contributed by atoms with Crippen LogP contribution in [0.4, 0.5) is 0 Å². The van der Waals surface area contributed by atoms with Crippen molar-refractivity contribution in [2.75, 3.05) is 6.61 Å². The minimum Gasteiger partial charge on any atom is -0.506 e. The number of aliphatic hydroxyl groups is 2. The Morgan fingerprint density at radius 2 is 1.65 bits per heavy atom. The highest BCUT2D eigenvalue weighted by Gasteiger charge is 2.25. The standard InChI is InChI=1S/C21H29NO4/c1-20(2,3)15-6-8-18(14(10-15)11-23)26-13-21(4,5)19-9-7-17(25)16(12-24)22-19/h6-10,23-25H,11-13H2,1-5H3. The SMILES string of the molecule is CC(C)(C)c1ccc(OCC(C)(C)c2ccc(O)c(CO)n2)c(CO)c1. The van der Waals surface area contributed by atoms with Crippen LogP contribution in [0.2, 0.25) is 0 Å². The fourth-order valence-electron chi connectivity index (χ4n) is 2.63. The molecule has 0 aliphatic rings. The van der Waals surface area contributed by atoms with E-state index in [0.29, 0.717) is 12.4 Å². The highest BCUT2D eigenvalue weighted by molar-refractivity contribution is 5.39. The smallest absolute Gasteiger partial charge is 0.139 e. The Hall–Kier alpha value is -2.11. The number of benzene rings is 1. The first kappa shape index (κ1) is 20.2. The van der Waals surface area contributed by atoms with E-state index in [4.69, 9.17) is 4.74 Å². The lowest BCUT2D eigenvalue weighted by molar-refractivity contribution is 0.221. The molecule has 0 spiro atoms. The van der Waals surface area contributed by atoms with Gasteiger partial charge in [0.05, 0.1) is 25.5 Å². The van der Waals surface area contributed by atoms with Crippen molar-refractivity contribution in [1.29, 1.82) is 0 Å². The Morgan fingerprint density at radius 3 is 2.23 bits per heavy atom. The number of nitrogens with zero attached hydrogens (tertiary/aromatic N) is 1. The van der Waals surface area contributed by atoms with Gasteiger partial charge >= 0.3 is 0 Å². The van der Waals surface area contributed by atoms with Gasteiger partial charge < -0.3 is 20.1 Å². The highest BCUT2D eigenvalue weighted by atomic mass is 16.5. The molecule has 0 aliphatic heterocycles. The summed E-state index contributed by atoms with van der Waals surface area (Å²) < 4.78 is 5.99. The van der Waals surface area contributed by atoms with Crippen molar-refractivity contribution >= 4 is 0 Å². The summed E-state index contributed by atoms with van der Waals surface area (Å²) in [7, 11) is 0. The summed E-state index contributed by atoms with van der Waals surface area (Å²) in [6, 6.07) is 9.15. The molecule has 142 valence electrons. The van der Waals surface area contributed by atoms with Gasteiger partial charge in [-0.25, -0.2) is 0 Å². The van der Waals surface area contributed by atoms with E-state index in [-0.39, 0.29) is 30.1 Å². The molecule has 5 heteroatoms. The van der Waals surface area contributed by atoms with E-state index in [2.05, 4.69) is 25.8 Å². The van der Waals surface area contributed by atoms with Gasteiger partial charge in [0.2, 0.25) is 0 Å². The summed E-state index contributed by atoms with van der Waals surface area (Å²) >= 11 is 0. The zero-order valence-corrected chi connectivity index (χ0v) is 16.2. The van der Waals surface area contributed by atoms with Crippen LogP contribution in [0.5, 0.6) is 11.5 Å². The minimum absolute atomic E-state index is 0.00161. The molecule has 0 saturated heterocycles. The van der Waals surface area contributed by atoms with E-state index < -0.39 is 5.41 Å². The summed E-state index contributed by atoms with van der Waals surface area (Å²) in [6.45, 7) is 10.3. The number of aromatic nitrogens is 1. The lowest BCUT2D eigenvalue weighted by Gasteiger charge is -2.26. The van der Waals surface area contributed by atoms with Crippen LogP contribution >= 0.6 is 0 Å². The third kappa shape index (κ3) is 4.54. The van der Waals surface area contributed by atoms with Gasteiger partial charge in [-0.05, 0) is 35.2 Å². The molecule has 0 amide bonds. The number of aromatic hydroxyl groups is 1. The monoisotopic (exact) mass is 359 g/mol. The van der Waals surface area contributed by atoms with E-state index in [1.807, 2.05) is 32.0 Å². The lowest BCUT2D eigenvalue weighted by Crippen LogP contribution is -2.28. The van der Waals surface area contributed by atoms with Crippen LogP contribution in [0, 0.1) is 0 Å². The molecule has 0 fully saturated rings. The van der Waals surface area contributed by atoms with Gasteiger partial charge in [0.25, 0.3) is 0 Å². The quantitative estimate of drug-likeness (QED) is 0.736. The Balaban J connectivity index is 2.21. The van der Waals surface area contributed by atoms with Crippen molar-refractivity contribution in [3.05, 3.63) is 52.8 Å². The van der Waals surface area contributed by atoms with Crippen molar-refractivity contribution in [2.45, 2.75) is 58.7 Å². The molecule has 0 atom stereocenters. The average Bonchev–Trinajstić information content (AvgIpc) is 2.59. The molecule has 0 unspecified atom stereocenters. The van der Waals surface area contributed by atoms with Gasteiger partial charge in [-0.2, -0.15) is 0 Å². The minimum atomic E-state index is -0.437. The number of ether oxygens (including phenoxy) is 1. The van der Waals surface area contributed by atoms with Crippen molar-refractivity contribution in [3.8, 4) is 11.5 Å². The van der Waals surface area contributed by atoms with Crippen LogP contribution in [0.25, 0.3) is 0 Å². The van der Waals surface area contributed by atoms with E-state index in [1.165, 1.54) is 6.07 Å². The van der Waals surface area contributed by atoms with Crippen molar-refractivity contribution in [1.82, 2.24) is 4.98 Å². The summed E-state index contributed by atoms with van der Waals surface area (Å²) in [5, 5.41) is 28.7. The molecule has 1 aromatic heterocycles. The first-order valence-electron chi connectivity index (χ1n) is 8.76. The zero-order chi connectivity index (χ0) is 19.5. The fraction of sp³-hybridized carbons (Fsp3) is 0.476. The van der Waals surface area contributed by atoms with Crippen LogP contribution in [-0.2, 0) is 24.0 Å². The molecule has 3 N–H and O–H groups in total. The summed E-state index contributed by atoms with van der Waals surface area (Å²) in [6.07, 6.45) is 0. The molecule has 0 bridgehead atoms. The fourth-order valence-corrected chi connectivity index (χ4v) is 2.63. The molecule has 1 heterocycles. The molecule has 0 radical (unpaired) electrons. The van der Waals surface area contributed by atoms with Crippen molar-refractivity contribution in [2.24, 2.45) is 0 Å². The van der Waals surface area contributed by atoms with Gasteiger partial charge in [0.15, 0.2) is 0 Å². The number of hydrogen-bond donors (Lipinski definition) is 3. The second-order valence-corrected chi connectivity index (χ2v) is 8.22. The largest absolute Gasteiger partial charge is 0.506 e. The molecule has 0 aliphatic carbocycles. The van der Waals surface area contributed by atoms with Crippen molar-refractivity contribution < 1.29 is 20.1 Å². The highest BCUT2D eigenvalue weighted by Crippen LogP contribution is 2.30. The normalized spacial score (nSPS) is 12.3. The van der Waals surface area contributed by atoms with Crippen LogP contribution in [0.1, 0.15) is 57.1 Å². The van der Waals surface area contributed by atoms with Gasteiger partial charge in [-0.15, -0.1) is 0 Å². The lowest BCUT2D eigenvalue weighted by atomic mass is 9.86. The number of pyridine rings is 1. The maximum absolute atomic E-state index is 9.71. The predicted octanol–water partition coefficient (Wildman–Crippen LogP) is 3.43. The maximum Gasteiger partial charge on any atom is 0.139 e. The van der Waals surface area contributed by atoms with Crippen molar-refractivity contribution in [3.63, 3.8) is 0 Å². The summed E-state index contributed by atoms with van der Waals surface area (Å²) in [4.78, 5) is 4.33. The van der Waals surface area contributed by atoms with Crippen LogP contribution in [0.15, 0.2) is 30.3 Å². The van der Waals surface area contributed by atoms with Gasteiger partial charge in [0.1, 0.15) is 17.2 Å². The molecule has 26 heavy (non-hydrogen) atoms. The predicted molar refractivity (Wildman–Crippen MR) is 101 cm³/mol.